The van der Waals surface area contributed by atoms with Gasteiger partial charge in [-0.2, -0.15) is 16.8 Å². The van der Waals surface area contributed by atoms with Crippen LogP contribution in [0.4, 0.5) is 5.69 Å². The fourth-order valence-corrected chi connectivity index (χ4v) is 3.24. The molecular formula is C7H6Cl2N2O7S2. The van der Waals surface area contributed by atoms with Crippen molar-refractivity contribution in [3.05, 3.63) is 16.1 Å². The molecule has 112 valence electrons. The molecule has 0 spiro atoms. The molecule has 0 aliphatic carbocycles. The van der Waals surface area contributed by atoms with Crippen LogP contribution in [-0.4, -0.2) is 33.1 Å². The van der Waals surface area contributed by atoms with Crippen LogP contribution in [0.2, 0.25) is 5.02 Å². The fraction of sp³-hybridized carbons (Fsp3) is 0.143. The lowest BCUT2D eigenvalue weighted by Gasteiger charge is -2.07. The summed E-state index contributed by atoms with van der Waals surface area (Å²) in [5, 5.41) is 8.18. The number of halogens is 2. The van der Waals surface area contributed by atoms with Gasteiger partial charge in [-0.25, -0.2) is 0 Å². The molecule has 0 bridgehead atoms. The van der Waals surface area contributed by atoms with Gasteiger partial charge in [-0.05, 0) is 6.07 Å². The topological polar surface area (TPSA) is 146 Å². The standard InChI is InChI=1S/C7H5ClN2O7S2.ClH/c1-17-6-3(8)2-4(18(11,12)13)5(10-9)7(6)19(14,15)16;/h2H,1H3,(H-,11,12,13,14,15,16);1H. The summed E-state index contributed by atoms with van der Waals surface area (Å²) in [5.41, 5.74) is -1.12. The third kappa shape index (κ3) is 3.48. The van der Waals surface area contributed by atoms with Crippen molar-refractivity contribution >= 4 is 37.5 Å². The first-order valence-electron chi connectivity index (χ1n) is 4.24. The van der Waals surface area contributed by atoms with Crippen molar-refractivity contribution in [2.75, 3.05) is 7.11 Å². The Morgan fingerprint density at radius 3 is 2.05 bits per heavy atom. The number of nitrogens with zero attached hydrogens (tertiary/aromatic N) is 2. The highest BCUT2D eigenvalue weighted by Crippen LogP contribution is 2.43. The van der Waals surface area contributed by atoms with E-state index in [-0.39, 0.29) is 12.4 Å². The fourth-order valence-electron chi connectivity index (χ4n) is 1.30. The van der Waals surface area contributed by atoms with Crippen LogP contribution in [0.5, 0.6) is 5.75 Å². The van der Waals surface area contributed by atoms with Crippen molar-refractivity contribution in [2.24, 2.45) is 0 Å². The normalized spacial score (nSPS) is 11.3. The van der Waals surface area contributed by atoms with E-state index in [9.17, 15) is 16.8 Å². The molecule has 1 aromatic rings. The van der Waals surface area contributed by atoms with E-state index >= 15 is 0 Å². The van der Waals surface area contributed by atoms with E-state index < -0.39 is 46.5 Å². The van der Waals surface area contributed by atoms with E-state index in [2.05, 4.69) is 9.71 Å². The Hall–Kier alpha value is -1.16. The summed E-state index contributed by atoms with van der Waals surface area (Å²) >= 11 is 5.58. The Balaban J connectivity index is 0.00000361. The average Bonchev–Trinajstić information content (AvgIpc) is 2.24. The van der Waals surface area contributed by atoms with Gasteiger partial charge in [0.2, 0.25) is 10.3 Å². The summed E-state index contributed by atoms with van der Waals surface area (Å²) in [6.07, 6.45) is 0. The lowest BCUT2D eigenvalue weighted by Crippen LogP contribution is -3.00. The molecule has 0 aliphatic rings. The number of methoxy groups -OCH3 is 1. The maximum Gasteiger partial charge on any atom is 0.430 e. The molecule has 0 saturated heterocycles. The molecule has 9 nitrogen and oxygen atoms in total. The molecule has 1 aromatic carbocycles. The lowest BCUT2D eigenvalue weighted by atomic mass is 10.3. The number of hydrogen-bond donors (Lipinski definition) is 2. The van der Waals surface area contributed by atoms with Gasteiger partial charge in [0.1, 0.15) is 0 Å². The van der Waals surface area contributed by atoms with Crippen LogP contribution >= 0.6 is 11.6 Å². The molecule has 0 fully saturated rings. The van der Waals surface area contributed by atoms with Crippen LogP contribution in [0.1, 0.15) is 0 Å². The second-order valence-electron chi connectivity index (χ2n) is 3.12. The average molecular weight is 365 g/mol. The highest BCUT2D eigenvalue weighted by molar-refractivity contribution is 7.87. The van der Waals surface area contributed by atoms with Gasteiger partial charge in [0, 0.05) is 0 Å². The summed E-state index contributed by atoms with van der Waals surface area (Å²) in [6, 6.07) is 0.611. The van der Waals surface area contributed by atoms with E-state index in [1.54, 1.807) is 0 Å². The van der Waals surface area contributed by atoms with Gasteiger partial charge in [0.05, 0.1) is 12.1 Å². The SMILES string of the molecule is COc1c(Cl)cc(S(=O)(=O)O)c([N+]#N)c1S(=O)(=O)O.[Cl-]. The molecule has 0 radical (unpaired) electrons. The zero-order chi connectivity index (χ0) is 15.0. The first-order valence-corrected chi connectivity index (χ1v) is 7.50. The summed E-state index contributed by atoms with van der Waals surface area (Å²) in [5.74, 6) is -0.635. The van der Waals surface area contributed by atoms with E-state index in [0.717, 1.165) is 7.11 Å². The minimum absolute atomic E-state index is 0. The number of hydrogen-bond acceptors (Lipinski definition) is 6. The Morgan fingerprint density at radius 2 is 1.75 bits per heavy atom. The van der Waals surface area contributed by atoms with Crippen LogP contribution in [-0.2, 0) is 20.2 Å². The summed E-state index contributed by atoms with van der Waals surface area (Å²) in [7, 11) is -8.99. The molecule has 0 heterocycles. The molecule has 2 N–H and O–H groups in total. The van der Waals surface area contributed by atoms with Crippen LogP contribution in [0.15, 0.2) is 15.9 Å². The predicted molar refractivity (Wildman–Crippen MR) is 62.4 cm³/mol. The molecular weight excluding hydrogens is 359 g/mol. The summed E-state index contributed by atoms with van der Waals surface area (Å²) < 4.78 is 67.0. The predicted octanol–water partition coefficient (Wildman–Crippen LogP) is -1.67. The Bertz CT molecular complexity index is 782. The molecule has 1 rings (SSSR count). The molecule has 0 saturated carbocycles. The van der Waals surface area contributed by atoms with Crippen molar-refractivity contribution < 1.29 is 43.1 Å². The van der Waals surface area contributed by atoms with Gasteiger partial charge >= 0.3 is 25.9 Å². The first-order chi connectivity index (χ1) is 8.54. The van der Waals surface area contributed by atoms with Crippen molar-refractivity contribution in [1.29, 1.82) is 5.39 Å². The summed E-state index contributed by atoms with van der Waals surface area (Å²) in [4.78, 5) is 0.150. The molecule has 20 heavy (non-hydrogen) atoms. The number of rotatable bonds is 3. The van der Waals surface area contributed by atoms with Gasteiger partial charge in [-0.1, -0.05) is 11.6 Å². The number of benzene rings is 1. The monoisotopic (exact) mass is 364 g/mol. The Labute approximate surface area is 125 Å². The van der Waals surface area contributed by atoms with Crippen LogP contribution in [0.25, 0.3) is 4.98 Å². The third-order valence-electron chi connectivity index (χ3n) is 1.97. The van der Waals surface area contributed by atoms with Crippen molar-refractivity contribution in [2.45, 2.75) is 9.79 Å². The van der Waals surface area contributed by atoms with E-state index in [1.807, 2.05) is 0 Å². The molecule has 0 amide bonds. The molecule has 0 aromatic heterocycles. The third-order valence-corrected chi connectivity index (χ3v) is 4.01. The van der Waals surface area contributed by atoms with Crippen LogP contribution in [0, 0.1) is 5.39 Å². The lowest BCUT2D eigenvalue weighted by molar-refractivity contribution is -0.0000128. The quantitative estimate of drug-likeness (QED) is 0.478. The molecule has 13 heteroatoms. The highest BCUT2D eigenvalue weighted by atomic mass is 35.5. The van der Waals surface area contributed by atoms with E-state index in [0.29, 0.717) is 6.07 Å². The smallest absolute Gasteiger partial charge is 0.430 e. The van der Waals surface area contributed by atoms with Crippen LogP contribution in [0.3, 0.4) is 0 Å². The molecule has 0 unspecified atom stereocenters. The largest absolute Gasteiger partial charge is 1.00 e. The van der Waals surface area contributed by atoms with Gasteiger partial charge < -0.3 is 17.1 Å². The zero-order valence-electron chi connectivity index (χ0n) is 9.48. The maximum atomic E-state index is 11.2. The van der Waals surface area contributed by atoms with E-state index in [4.69, 9.17) is 26.1 Å². The second-order valence-corrected chi connectivity index (χ2v) is 6.27. The number of diazo groups is 1. The van der Waals surface area contributed by atoms with Gasteiger partial charge in [0.15, 0.2) is 15.6 Å². The highest BCUT2D eigenvalue weighted by Gasteiger charge is 2.39. The number of ether oxygens (including phenoxy) is 1. The van der Waals surface area contributed by atoms with Gasteiger partial charge in [-0.3, -0.25) is 9.11 Å². The van der Waals surface area contributed by atoms with Gasteiger partial charge in [0.25, 0.3) is 0 Å². The summed E-state index contributed by atoms with van der Waals surface area (Å²) in [6.45, 7) is 0. The molecule has 0 atom stereocenters. The minimum atomic E-state index is -5.03. The van der Waals surface area contributed by atoms with Crippen LogP contribution < -0.4 is 17.1 Å². The zero-order valence-corrected chi connectivity index (χ0v) is 12.6. The van der Waals surface area contributed by atoms with Crippen molar-refractivity contribution in [3.63, 3.8) is 0 Å². The van der Waals surface area contributed by atoms with E-state index in [1.165, 1.54) is 0 Å². The van der Waals surface area contributed by atoms with Crippen molar-refractivity contribution in [3.8, 4) is 5.75 Å². The Morgan fingerprint density at radius 1 is 1.25 bits per heavy atom. The maximum absolute atomic E-state index is 11.2. The molecule has 0 aliphatic heterocycles. The van der Waals surface area contributed by atoms with Gasteiger partial charge in [-0.15, -0.1) is 0 Å². The Kier molecular flexibility index (Phi) is 5.73. The first kappa shape index (κ1) is 18.8. The van der Waals surface area contributed by atoms with Crippen molar-refractivity contribution in [1.82, 2.24) is 0 Å². The second kappa shape index (κ2) is 6.08. The minimum Gasteiger partial charge on any atom is -1.00 e.